The van der Waals surface area contributed by atoms with Crippen LogP contribution in [0.15, 0.2) is 12.1 Å². The summed E-state index contributed by atoms with van der Waals surface area (Å²) >= 11 is 16.0. The topological polar surface area (TPSA) is 0 Å². The molecule has 0 saturated carbocycles. The van der Waals surface area contributed by atoms with Gasteiger partial charge in [-0.3, -0.25) is 0 Å². The molecule has 0 saturated heterocycles. The molecule has 0 fully saturated rings. The van der Waals surface area contributed by atoms with Gasteiger partial charge < -0.3 is 0 Å². The fraction of sp³-hybridized carbons (Fsp3) is 0.167. The summed E-state index contributed by atoms with van der Waals surface area (Å²) < 4.78 is 2.43. The fourth-order valence-corrected chi connectivity index (χ4v) is 4.48. The summed E-state index contributed by atoms with van der Waals surface area (Å²) in [5.74, 6) is 0. The smallest absolute Gasteiger partial charge is 0.0621 e. The molecular weight excluding hydrogens is 279 g/mol. The summed E-state index contributed by atoms with van der Waals surface area (Å²) in [4.78, 5) is 2.34. The molecule has 0 aliphatic carbocycles. The highest BCUT2D eigenvalue weighted by Gasteiger charge is 2.12. The molecule has 2 heterocycles. The van der Waals surface area contributed by atoms with Crippen molar-refractivity contribution in [1.82, 2.24) is 0 Å². The van der Waals surface area contributed by atoms with Gasteiger partial charge in [0.2, 0.25) is 0 Å². The van der Waals surface area contributed by atoms with Crippen molar-refractivity contribution in [2.45, 2.75) is 13.8 Å². The molecule has 0 atom stereocenters. The number of rotatable bonds is 0. The first kappa shape index (κ1) is 10.8. The quantitative estimate of drug-likeness (QED) is 0.473. The van der Waals surface area contributed by atoms with Crippen molar-refractivity contribution in [2.24, 2.45) is 0 Å². The van der Waals surface area contributed by atoms with Gasteiger partial charge in [0.1, 0.15) is 0 Å². The van der Waals surface area contributed by atoms with Crippen molar-refractivity contribution >= 4 is 66.0 Å². The number of hydrogen-bond acceptors (Lipinski definition) is 2. The average Bonchev–Trinajstić information content (AvgIpc) is 2.67. The first-order chi connectivity index (χ1) is 7.58. The number of fused-ring (bicyclic) bond motifs is 2. The molecule has 4 heteroatoms. The van der Waals surface area contributed by atoms with Crippen LogP contribution in [-0.4, -0.2) is 0 Å². The predicted molar refractivity (Wildman–Crippen MR) is 76.7 cm³/mol. The minimum Gasteiger partial charge on any atom is -0.139 e. The fourth-order valence-electron chi connectivity index (χ4n) is 1.87. The van der Waals surface area contributed by atoms with Crippen LogP contribution in [0.1, 0.15) is 9.75 Å². The lowest BCUT2D eigenvalue weighted by atomic mass is 10.2. The molecule has 0 amide bonds. The van der Waals surface area contributed by atoms with E-state index in [0.717, 1.165) is 20.8 Å². The van der Waals surface area contributed by atoms with Crippen LogP contribution in [-0.2, 0) is 0 Å². The largest absolute Gasteiger partial charge is 0.139 e. The highest BCUT2D eigenvalue weighted by Crippen LogP contribution is 2.42. The average molecular weight is 287 g/mol. The first-order valence-corrected chi connectivity index (χ1v) is 7.24. The van der Waals surface area contributed by atoms with Crippen molar-refractivity contribution in [3.8, 4) is 0 Å². The van der Waals surface area contributed by atoms with Crippen molar-refractivity contribution in [3.05, 3.63) is 31.9 Å². The van der Waals surface area contributed by atoms with Crippen LogP contribution in [0, 0.1) is 13.8 Å². The Kier molecular flexibility index (Phi) is 2.44. The van der Waals surface area contributed by atoms with E-state index in [4.69, 9.17) is 23.2 Å². The molecule has 0 radical (unpaired) electrons. The van der Waals surface area contributed by atoms with Crippen LogP contribution in [0.4, 0.5) is 0 Å². The summed E-state index contributed by atoms with van der Waals surface area (Å²) in [6.45, 7) is 4.10. The Hall–Kier alpha value is -0.280. The van der Waals surface area contributed by atoms with Crippen molar-refractivity contribution in [3.63, 3.8) is 0 Å². The van der Waals surface area contributed by atoms with E-state index in [-0.39, 0.29) is 0 Å². The van der Waals surface area contributed by atoms with Crippen molar-refractivity contribution < 1.29 is 0 Å². The van der Waals surface area contributed by atoms with Crippen LogP contribution in [0.3, 0.4) is 0 Å². The Morgan fingerprint density at radius 1 is 0.812 bits per heavy atom. The van der Waals surface area contributed by atoms with E-state index in [0.29, 0.717) is 0 Å². The lowest BCUT2D eigenvalue weighted by Gasteiger charge is -1.93. The molecule has 0 spiro atoms. The zero-order valence-corrected chi connectivity index (χ0v) is 11.9. The Bertz CT molecular complexity index is 645. The van der Waals surface area contributed by atoms with Gasteiger partial charge in [-0.1, -0.05) is 23.2 Å². The monoisotopic (exact) mass is 286 g/mol. The Morgan fingerprint density at radius 2 is 1.19 bits per heavy atom. The maximum atomic E-state index is 6.27. The number of thiophene rings is 2. The Balaban J connectivity index is 2.52. The van der Waals surface area contributed by atoms with Crippen LogP contribution in [0.5, 0.6) is 0 Å². The lowest BCUT2D eigenvalue weighted by molar-refractivity contribution is 1.65. The van der Waals surface area contributed by atoms with Crippen molar-refractivity contribution in [1.29, 1.82) is 0 Å². The molecule has 0 N–H and O–H groups in total. The molecule has 0 aliphatic heterocycles. The van der Waals surface area contributed by atoms with Gasteiger partial charge in [-0.05, 0) is 26.0 Å². The van der Waals surface area contributed by atoms with Crippen LogP contribution >= 0.6 is 45.9 Å². The van der Waals surface area contributed by atoms with Gasteiger partial charge in [0.25, 0.3) is 0 Å². The zero-order valence-electron chi connectivity index (χ0n) is 8.73. The van der Waals surface area contributed by atoms with Crippen LogP contribution < -0.4 is 0 Å². The lowest BCUT2D eigenvalue weighted by Crippen LogP contribution is -1.67. The molecule has 1 aromatic carbocycles. The second-order valence-corrected chi connectivity index (χ2v) is 7.06. The van der Waals surface area contributed by atoms with Crippen LogP contribution in [0.2, 0.25) is 10.0 Å². The highest BCUT2D eigenvalue weighted by molar-refractivity contribution is 7.21. The third-order valence-electron chi connectivity index (χ3n) is 2.70. The van der Waals surface area contributed by atoms with Gasteiger partial charge in [0.15, 0.2) is 0 Å². The van der Waals surface area contributed by atoms with Crippen molar-refractivity contribution in [2.75, 3.05) is 0 Å². The van der Waals surface area contributed by atoms with E-state index >= 15 is 0 Å². The van der Waals surface area contributed by atoms with E-state index in [1.807, 2.05) is 13.8 Å². The zero-order chi connectivity index (χ0) is 11.4. The van der Waals surface area contributed by atoms with Gasteiger partial charge in [-0.15, -0.1) is 22.7 Å². The Labute approximate surface area is 111 Å². The molecule has 0 aliphatic rings. The molecule has 82 valence electrons. The summed E-state index contributed by atoms with van der Waals surface area (Å²) in [5.41, 5.74) is 0. The van der Waals surface area contributed by atoms with E-state index in [9.17, 15) is 0 Å². The maximum absolute atomic E-state index is 6.27. The number of aryl methyl sites for hydroxylation is 2. The van der Waals surface area contributed by atoms with Gasteiger partial charge in [0.05, 0.1) is 10.0 Å². The molecule has 16 heavy (non-hydrogen) atoms. The summed E-state index contributed by atoms with van der Waals surface area (Å²) in [6, 6.07) is 4.31. The third kappa shape index (κ3) is 1.41. The normalized spacial score (nSPS) is 11.8. The van der Waals surface area contributed by atoms with Gasteiger partial charge >= 0.3 is 0 Å². The SMILES string of the molecule is Cc1sc2cc3c(Cl)c(C)sc3cc2c1Cl. The summed E-state index contributed by atoms with van der Waals surface area (Å²) in [5, 5.41) is 4.05. The minimum atomic E-state index is 0.879. The van der Waals surface area contributed by atoms with E-state index in [1.54, 1.807) is 22.7 Å². The second-order valence-electron chi connectivity index (χ2n) is 3.79. The molecule has 2 aromatic heterocycles. The predicted octanol–water partition coefficient (Wildman–Crippen LogP) is 6.04. The molecule has 3 aromatic rings. The van der Waals surface area contributed by atoms with Gasteiger partial charge in [-0.25, -0.2) is 0 Å². The highest BCUT2D eigenvalue weighted by atomic mass is 35.5. The van der Waals surface area contributed by atoms with E-state index < -0.39 is 0 Å². The number of benzene rings is 1. The van der Waals surface area contributed by atoms with E-state index in [2.05, 4.69) is 12.1 Å². The third-order valence-corrected chi connectivity index (χ3v) is 6.03. The van der Waals surface area contributed by atoms with E-state index in [1.165, 1.54) is 19.2 Å². The molecule has 0 bridgehead atoms. The maximum Gasteiger partial charge on any atom is 0.0621 e. The van der Waals surface area contributed by atoms with Gasteiger partial charge in [-0.2, -0.15) is 0 Å². The first-order valence-electron chi connectivity index (χ1n) is 4.85. The molecular formula is C12H8Cl2S2. The number of halogens is 2. The molecule has 0 nitrogen and oxygen atoms in total. The van der Waals surface area contributed by atoms with Crippen LogP contribution in [0.25, 0.3) is 20.2 Å². The summed E-state index contributed by atoms with van der Waals surface area (Å²) in [7, 11) is 0. The van der Waals surface area contributed by atoms with Gasteiger partial charge in [0, 0.05) is 29.9 Å². The number of hydrogen-bond donors (Lipinski definition) is 0. The molecule has 3 rings (SSSR count). The minimum absolute atomic E-state index is 0.879. The summed E-state index contributed by atoms with van der Waals surface area (Å²) in [6.07, 6.45) is 0. The Morgan fingerprint density at radius 3 is 1.56 bits per heavy atom. The molecule has 0 unspecified atom stereocenters. The second kappa shape index (κ2) is 3.61. The standard InChI is InChI=1S/C12H8Cl2S2/c1-5-11(13)7-3-10-8(4-9(7)15-5)12(14)6(2)16-10/h3-4H,1-2H3.